The van der Waals surface area contributed by atoms with E-state index in [1.807, 2.05) is 0 Å². The van der Waals surface area contributed by atoms with Gasteiger partial charge in [-0.3, -0.25) is 4.79 Å². The minimum absolute atomic E-state index is 0. The Morgan fingerprint density at radius 3 is 2.45 bits per heavy atom. The van der Waals surface area contributed by atoms with Gasteiger partial charge in [0.15, 0.2) is 0 Å². The second-order valence-corrected chi connectivity index (χ2v) is 6.65. The molecule has 9 heteroatoms. The maximum Gasteiger partial charge on any atom is 0.418 e. The van der Waals surface area contributed by atoms with Crippen LogP contribution in [0.1, 0.15) is 25.0 Å². The molecule has 158 valence electrons. The average Bonchev–Trinajstić information content (AvgIpc) is 3.09. The molecular formula is C20H23F4N3O2. The number of amides is 1. The number of nitrogens with one attached hydrogen (secondary N) is 2. The molecule has 4 N–H and O–H groups in total. The van der Waals surface area contributed by atoms with E-state index < -0.39 is 23.1 Å². The van der Waals surface area contributed by atoms with E-state index in [2.05, 4.69) is 10.6 Å². The molecule has 1 fully saturated rings. The average molecular weight is 413 g/mol. The van der Waals surface area contributed by atoms with Crippen molar-refractivity contribution >= 4 is 17.3 Å². The Hall–Kier alpha value is -2.65. The molecule has 5 nitrogen and oxygen atoms in total. The maximum atomic E-state index is 13.2. The number of hydrogen-bond donors (Lipinski definition) is 3. The second-order valence-electron chi connectivity index (χ2n) is 6.65. The van der Waals surface area contributed by atoms with Gasteiger partial charge in [0.1, 0.15) is 11.4 Å². The fraction of sp³-hybridized carbons (Fsp3) is 0.350. The van der Waals surface area contributed by atoms with Gasteiger partial charge in [-0.2, -0.15) is 13.2 Å². The van der Waals surface area contributed by atoms with E-state index in [4.69, 9.17) is 10.5 Å². The molecule has 1 aliphatic rings. The summed E-state index contributed by atoms with van der Waals surface area (Å²) < 4.78 is 57.5. The molecule has 2 aromatic rings. The molecule has 29 heavy (non-hydrogen) atoms. The summed E-state index contributed by atoms with van der Waals surface area (Å²) in [5.74, 6) is -1.28. The number of ether oxygens (including phenoxy) is 1. The summed E-state index contributed by atoms with van der Waals surface area (Å²) in [7, 11) is 0. The van der Waals surface area contributed by atoms with Crippen LogP contribution in [0.5, 0.6) is 0 Å². The topological polar surface area (TPSA) is 76.4 Å². The van der Waals surface area contributed by atoms with Crippen LogP contribution >= 0.6 is 0 Å². The predicted octanol–water partition coefficient (Wildman–Crippen LogP) is 3.96. The van der Waals surface area contributed by atoms with Gasteiger partial charge < -0.3 is 21.1 Å². The first-order chi connectivity index (χ1) is 13.2. The monoisotopic (exact) mass is 413 g/mol. The highest BCUT2D eigenvalue weighted by atomic mass is 19.4. The van der Waals surface area contributed by atoms with E-state index in [-0.39, 0.29) is 32.2 Å². The second kappa shape index (κ2) is 8.79. The van der Waals surface area contributed by atoms with Gasteiger partial charge in [0.05, 0.1) is 17.9 Å². The zero-order valence-electron chi connectivity index (χ0n) is 14.8. The summed E-state index contributed by atoms with van der Waals surface area (Å²) in [5, 5.41) is 5.37. The first-order valence-corrected chi connectivity index (χ1v) is 8.55. The van der Waals surface area contributed by atoms with Crippen LogP contribution in [0.15, 0.2) is 42.5 Å². The van der Waals surface area contributed by atoms with Crippen LogP contribution in [0.3, 0.4) is 0 Å². The normalized spacial score (nSPS) is 18.8. The highest BCUT2D eigenvalue weighted by Crippen LogP contribution is 2.36. The zero-order valence-corrected chi connectivity index (χ0v) is 14.8. The number of nitrogens with two attached hydrogens (primary N) is 1. The standard InChI is InChI=1S/C19H19F4N3O2.CH4/c20-13-3-6-16(15(9-13)19(21,22)23)26-14-4-1-12(2-5-14)10-25-17(27)18(24)7-8-28-11-18;/h1-6,9,26H,7-8,10-11,24H2,(H,25,27);1H4/t18-;/m0./s1. The molecule has 0 radical (unpaired) electrons. The third-order valence-electron chi connectivity index (χ3n) is 4.48. The smallest absolute Gasteiger partial charge is 0.379 e. The lowest BCUT2D eigenvalue weighted by Gasteiger charge is -2.20. The molecule has 1 atom stereocenters. The van der Waals surface area contributed by atoms with Gasteiger partial charge in [0.25, 0.3) is 0 Å². The third-order valence-corrected chi connectivity index (χ3v) is 4.48. The van der Waals surface area contributed by atoms with Crippen LogP contribution in [-0.2, 0) is 22.3 Å². The van der Waals surface area contributed by atoms with E-state index in [1.54, 1.807) is 24.3 Å². The van der Waals surface area contributed by atoms with Crippen molar-refractivity contribution < 1.29 is 27.1 Å². The fourth-order valence-electron chi connectivity index (χ4n) is 2.84. The van der Waals surface area contributed by atoms with Crippen LogP contribution in [0.4, 0.5) is 28.9 Å². The van der Waals surface area contributed by atoms with E-state index in [1.165, 1.54) is 0 Å². The number of carbonyl (C=O) groups is 1. The van der Waals surface area contributed by atoms with E-state index >= 15 is 0 Å². The lowest BCUT2D eigenvalue weighted by molar-refractivity contribution is -0.137. The molecule has 1 aliphatic heterocycles. The Balaban J connectivity index is 0.00000300. The molecule has 1 heterocycles. The number of anilines is 2. The van der Waals surface area contributed by atoms with Crippen LogP contribution in [0.25, 0.3) is 0 Å². The number of alkyl halides is 3. The van der Waals surface area contributed by atoms with Gasteiger partial charge in [-0.15, -0.1) is 0 Å². The number of rotatable bonds is 5. The molecule has 0 spiro atoms. The highest BCUT2D eigenvalue weighted by molar-refractivity contribution is 5.86. The van der Waals surface area contributed by atoms with Gasteiger partial charge in [0, 0.05) is 18.8 Å². The minimum atomic E-state index is -4.68. The first-order valence-electron chi connectivity index (χ1n) is 8.55. The van der Waals surface area contributed by atoms with E-state index in [0.717, 1.165) is 17.7 Å². The lowest BCUT2D eigenvalue weighted by atomic mass is 9.99. The number of hydrogen-bond acceptors (Lipinski definition) is 4. The molecule has 0 aromatic heterocycles. The summed E-state index contributed by atoms with van der Waals surface area (Å²) in [4.78, 5) is 12.1. The van der Waals surface area contributed by atoms with Crippen LogP contribution in [0, 0.1) is 5.82 Å². The Labute approximate surface area is 166 Å². The number of halogens is 4. The quantitative estimate of drug-likeness (QED) is 0.649. The highest BCUT2D eigenvalue weighted by Gasteiger charge is 2.38. The van der Waals surface area contributed by atoms with E-state index in [9.17, 15) is 22.4 Å². The third kappa shape index (κ3) is 5.45. The summed E-state index contributed by atoms with van der Waals surface area (Å²) in [6, 6.07) is 8.90. The molecule has 0 bridgehead atoms. The van der Waals surface area contributed by atoms with Gasteiger partial charge in [-0.25, -0.2) is 4.39 Å². The SMILES string of the molecule is C.N[C@@]1(C(=O)NCc2ccc(Nc3ccc(F)cc3C(F)(F)F)cc2)CCOC1. The van der Waals surface area contributed by atoms with Crippen molar-refractivity contribution in [1.29, 1.82) is 0 Å². The van der Waals surface area contributed by atoms with E-state index in [0.29, 0.717) is 24.8 Å². The van der Waals surface area contributed by atoms with Gasteiger partial charge in [0.2, 0.25) is 5.91 Å². The fourth-order valence-corrected chi connectivity index (χ4v) is 2.84. The van der Waals surface area contributed by atoms with Crippen molar-refractivity contribution in [2.75, 3.05) is 18.5 Å². The lowest BCUT2D eigenvalue weighted by Crippen LogP contribution is -2.54. The summed E-state index contributed by atoms with van der Waals surface area (Å²) in [6.07, 6.45) is -4.24. The molecule has 3 rings (SSSR count). The zero-order chi connectivity index (χ0) is 20.4. The van der Waals surface area contributed by atoms with Crippen molar-refractivity contribution in [2.45, 2.75) is 32.1 Å². The Morgan fingerprint density at radius 2 is 1.86 bits per heavy atom. The summed E-state index contributed by atoms with van der Waals surface area (Å²) >= 11 is 0. The number of benzene rings is 2. The largest absolute Gasteiger partial charge is 0.418 e. The van der Waals surface area contributed by atoms with Crippen LogP contribution in [0.2, 0.25) is 0 Å². The van der Waals surface area contributed by atoms with Crippen molar-refractivity contribution in [2.24, 2.45) is 5.73 Å². The Morgan fingerprint density at radius 1 is 1.17 bits per heavy atom. The van der Waals surface area contributed by atoms with Gasteiger partial charge >= 0.3 is 6.18 Å². The predicted molar refractivity (Wildman–Crippen MR) is 102 cm³/mol. The minimum Gasteiger partial charge on any atom is -0.379 e. The Bertz CT molecular complexity index is 848. The number of carbonyl (C=O) groups excluding carboxylic acids is 1. The van der Waals surface area contributed by atoms with Gasteiger partial charge in [-0.1, -0.05) is 19.6 Å². The van der Waals surface area contributed by atoms with Crippen molar-refractivity contribution in [1.82, 2.24) is 5.32 Å². The van der Waals surface area contributed by atoms with Crippen molar-refractivity contribution in [3.05, 3.63) is 59.4 Å². The molecule has 1 amide bonds. The van der Waals surface area contributed by atoms with Crippen molar-refractivity contribution in [3.8, 4) is 0 Å². The van der Waals surface area contributed by atoms with Crippen molar-refractivity contribution in [3.63, 3.8) is 0 Å². The molecule has 0 aliphatic carbocycles. The molecule has 1 saturated heterocycles. The summed E-state index contributed by atoms with van der Waals surface area (Å²) in [6.45, 7) is 0.830. The molecule has 0 saturated carbocycles. The summed E-state index contributed by atoms with van der Waals surface area (Å²) in [5.41, 5.74) is 4.75. The first kappa shape index (κ1) is 22.6. The van der Waals surface area contributed by atoms with Crippen LogP contribution in [-0.4, -0.2) is 24.7 Å². The van der Waals surface area contributed by atoms with Gasteiger partial charge in [-0.05, 0) is 42.3 Å². The maximum absolute atomic E-state index is 13.2. The molecule has 2 aromatic carbocycles. The van der Waals surface area contributed by atoms with Crippen LogP contribution < -0.4 is 16.4 Å². The Kier molecular flexibility index (Phi) is 6.86. The molecular weight excluding hydrogens is 390 g/mol. The molecule has 0 unspecified atom stereocenters.